The zero-order valence-corrected chi connectivity index (χ0v) is 19.0. The van der Waals surface area contributed by atoms with E-state index < -0.39 is 0 Å². The lowest BCUT2D eigenvalue weighted by Crippen LogP contribution is -2.38. The lowest BCUT2D eigenvalue weighted by atomic mass is 10.0. The molecule has 4 rings (SSSR count). The molecule has 5 nitrogen and oxygen atoms in total. The molecule has 0 aromatic heterocycles. The molecule has 3 aromatic carbocycles. The quantitative estimate of drug-likeness (QED) is 0.396. The van der Waals surface area contributed by atoms with Crippen LogP contribution in [0.15, 0.2) is 76.7 Å². The Morgan fingerprint density at radius 3 is 2.48 bits per heavy atom. The summed E-state index contributed by atoms with van der Waals surface area (Å²) < 4.78 is 13.4. The molecular formula is C27H29FN4O. The van der Waals surface area contributed by atoms with E-state index in [-0.39, 0.29) is 11.9 Å². The zero-order valence-electron chi connectivity index (χ0n) is 19.0. The number of aryl methyl sites for hydroxylation is 2. The molecule has 1 aliphatic rings. The van der Waals surface area contributed by atoms with Gasteiger partial charge in [0.2, 0.25) is 0 Å². The molecule has 0 bridgehead atoms. The zero-order chi connectivity index (χ0) is 23.2. The van der Waals surface area contributed by atoms with Gasteiger partial charge in [-0.2, -0.15) is 0 Å². The smallest absolute Gasteiger partial charge is 0.140 e. The molecule has 2 N–H and O–H groups in total. The molecule has 3 aromatic rings. The van der Waals surface area contributed by atoms with Gasteiger partial charge in [-0.25, -0.2) is 14.4 Å². The number of nitrogens with zero attached hydrogens (tertiary/aromatic N) is 3. The van der Waals surface area contributed by atoms with Crippen LogP contribution < -0.4 is 10.2 Å². The van der Waals surface area contributed by atoms with E-state index in [0.717, 1.165) is 53.1 Å². The highest BCUT2D eigenvalue weighted by Gasteiger charge is 2.19. The van der Waals surface area contributed by atoms with Gasteiger partial charge in [0, 0.05) is 24.3 Å². The number of amidine groups is 1. The summed E-state index contributed by atoms with van der Waals surface area (Å²) >= 11 is 0. The first-order chi connectivity index (χ1) is 16.0. The Kier molecular flexibility index (Phi) is 7.15. The summed E-state index contributed by atoms with van der Waals surface area (Å²) in [6.07, 6.45) is 3.02. The van der Waals surface area contributed by atoms with Crippen LogP contribution in [0.25, 0.3) is 0 Å². The van der Waals surface area contributed by atoms with Crippen LogP contribution in [0.1, 0.15) is 29.5 Å². The van der Waals surface area contributed by atoms with Gasteiger partial charge in [-0.1, -0.05) is 30.3 Å². The SMILES string of the molecule is Cc1cccc(C)c1/C(=N\C=N\c1ccccc1N1CCCC(O)C1)Nc1ccc(F)cc1. The molecule has 1 atom stereocenters. The van der Waals surface area contributed by atoms with E-state index in [9.17, 15) is 9.50 Å². The van der Waals surface area contributed by atoms with Crippen molar-refractivity contribution in [2.45, 2.75) is 32.8 Å². The minimum Gasteiger partial charge on any atom is -0.391 e. The number of aliphatic hydroxyl groups excluding tert-OH is 1. The summed E-state index contributed by atoms with van der Waals surface area (Å²) in [5, 5.41) is 13.4. The van der Waals surface area contributed by atoms with E-state index in [1.165, 1.54) is 12.1 Å². The van der Waals surface area contributed by atoms with Gasteiger partial charge in [-0.3, -0.25) is 0 Å². The van der Waals surface area contributed by atoms with Gasteiger partial charge in [-0.15, -0.1) is 0 Å². The Balaban J connectivity index is 1.66. The van der Waals surface area contributed by atoms with Gasteiger partial charge in [0.15, 0.2) is 0 Å². The monoisotopic (exact) mass is 444 g/mol. The number of benzene rings is 3. The first-order valence-corrected chi connectivity index (χ1v) is 11.2. The lowest BCUT2D eigenvalue weighted by molar-refractivity contribution is 0.154. The molecule has 0 aliphatic carbocycles. The number of piperidine rings is 1. The maximum absolute atomic E-state index is 13.4. The molecule has 0 saturated carbocycles. The highest BCUT2D eigenvalue weighted by molar-refractivity contribution is 6.12. The minimum absolute atomic E-state index is 0.285. The Bertz CT molecular complexity index is 1140. The fraction of sp³-hybridized carbons (Fsp3) is 0.259. The van der Waals surface area contributed by atoms with Crippen LogP contribution in [0, 0.1) is 19.7 Å². The number of nitrogens with one attached hydrogen (secondary N) is 1. The third-order valence-corrected chi connectivity index (χ3v) is 5.83. The standard InChI is InChI=1S/C27H29FN4O/c1-19-7-5-8-20(2)26(19)27(31-22-14-12-21(28)13-15-22)30-18-29-24-10-3-4-11-25(24)32-16-6-9-23(33)17-32/h3-5,7-8,10-15,18,23,33H,6,9,16-17H2,1-2H3,(H,29,30,31). The number of anilines is 2. The molecule has 33 heavy (non-hydrogen) atoms. The van der Waals surface area contributed by atoms with Crippen molar-refractivity contribution in [1.82, 2.24) is 0 Å². The van der Waals surface area contributed by atoms with Gasteiger partial charge in [0.25, 0.3) is 0 Å². The van der Waals surface area contributed by atoms with Crippen molar-refractivity contribution in [3.8, 4) is 0 Å². The van der Waals surface area contributed by atoms with Crippen LogP contribution in [0.5, 0.6) is 0 Å². The summed E-state index contributed by atoms with van der Waals surface area (Å²) in [4.78, 5) is 11.5. The summed E-state index contributed by atoms with van der Waals surface area (Å²) in [6, 6.07) is 20.2. The van der Waals surface area contributed by atoms with E-state index in [1.807, 2.05) is 56.3 Å². The van der Waals surface area contributed by atoms with Gasteiger partial charge in [0.1, 0.15) is 18.0 Å². The number of β-amino-alcohol motifs (C(OH)–C–C–N with tert-alkyl or cyclic N) is 1. The summed E-state index contributed by atoms with van der Waals surface area (Å²) in [7, 11) is 0. The van der Waals surface area contributed by atoms with E-state index in [2.05, 4.69) is 20.2 Å². The van der Waals surface area contributed by atoms with Gasteiger partial charge in [0.05, 0.1) is 17.5 Å². The predicted molar refractivity (Wildman–Crippen MR) is 135 cm³/mol. The second kappa shape index (κ2) is 10.4. The number of hydrogen-bond acceptors (Lipinski definition) is 3. The van der Waals surface area contributed by atoms with Crippen molar-refractivity contribution in [2.75, 3.05) is 23.3 Å². The molecule has 1 heterocycles. The van der Waals surface area contributed by atoms with Crippen molar-refractivity contribution in [3.05, 3.63) is 89.2 Å². The third-order valence-electron chi connectivity index (χ3n) is 5.83. The Morgan fingerprint density at radius 2 is 1.76 bits per heavy atom. The molecule has 1 saturated heterocycles. The van der Waals surface area contributed by atoms with Gasteiger partial charge < -0.3 is 15.3 Å². The number of halogens is 1. The maximum Gasteiger partial charge on any atom is 0.140 e. The highest BCUT2D eigenvalue weighted by Crippen LogP contribution is 2.30. The average Bonchev–Trinajstić information content (AvgIpc) is 2.80. The molecule has 6 heteroatoms. The number of aliphatic imine (C=N–C) groups is 2. The maximum atomic E-state index is 13.4. The number of rotatable bonds is 5. The molecule has 1 unspecified atom stereocenters. The molecule has 1 fully saturated rings. The Morgan fingerprint density at radius 1 is 1.03 bits per heavy atom. The average molecular weight is 445 g/mol. The van der Waals surface area contributed by atoms with Crippen molar-refractivity contribution >= 4 is 29.2 Å². The van der Waals surface area contributed by atoms with Crippen LogP contribution in [0.2, 0.25) is 0 Å². The number of para-hydroxylation sites is 2. The molecule has 0 spiro atoms. The molecule has 1 aliphatic heterocycles. The number of aliphatic hydroxyl groups is 1. The second-order valence-electron chi connectivity index (χ2n) is 8.35. The topological polar surface area (TPSA) is 60.2 Å². The van der Waals surface area contributed by atoms with E-state index >= 15 is 0 Å². The largest absolute Gasteiger partial charge is 0.391 e. The van der Waals surface area contributed by atoms with E-state index in [4.69, 9.17) is 0 Å². The molecule has 170 valence electrons. The molecule has 0 amide bonds. The van der Waals surface area contributed by atoms with Crippen molar-refractivity contribution in [2.24, 2.45) is 9.98 Å². The first-order valence-electron chi connectivity index (χ1n) is 11.2. The second-order valence-corrected chi connectivity index (χ2v) is 8.35. The van der Waals surface area contributed by atoms with E-state index in [1.54, 1.807) is 18.5 Å². The van der Waals surface area contributed by atoms with Crippen LogP contribution in [-0.2, 0) is 0 Å². The summed E-state index contributed by atoms with van der Waals surface area (Å²) in [5.41, 5.74) is 5.69. The third kappa shape index (κ3) is 5.65. The van der Waals surface area contributed by atoms with Crippen LogP contribution >= 0.6 is 0 Å². The van der Waals surface area contributed by atoms with Crippen molar-refractivity contribution in [3.63, 3.8) is 0 Å². The minimum atomic E-state index is -0.315. The fourth-order valence-electron chi connectivity index (χ4n) is 4.18. The summed E-state index contributed by atoms with van der Waals surface area (Å²) in [5.74, 6) is 0.360. The molecular weight excluding hydrogens is 415 g/mol. The van der Waals surface area contributed by atoms with Gasteiger partial charge in [-0.05, 0) is 74.2 Å². The van der Waals surface area contributed by atoms with E-state index in [0.29, 0.717) is 12.4 Å². The van der Waals surface area contributed by atoms with Crippen LogP contribution in [0.4, 0.5) is 21.5 Å². The van der Waals surface area contributed by atoms with Crippen LogP contribution in [-0.4, -0.2) is 36.5 Å². The lowest BCUT2D eigenvalue weighted by Gasteiger charge is -2.32. The van der Waals surface area contributed by atoms with Gasteiger partial charge >= 0.3 is 0 Å². The van der Waals surface area contributed by atoms with Crippen molar-refractivity contribution < 1.29 is 9.50 Å². The Labute approximate surface area is 194 Å². The van der Waals surface area contributed by atoms with Crippen molar-refractivity contribution in [1.29, 1.82) is 0 Å². The predicted octanol–water partition coefficient (Wildman–Crippen LogP) is 5.62. The van der Waals surface area contributed by atoms with Crippen LogP contribution in [0.3, 0.4) is 0 Å². The number of hydrogen-bond donors (Lipinski definition) is 2. The Hall–Kier alpha value is -3.51. The summed E-state index contributed by atoms with van der Waals surface area (Å²) in [6.45, 7) is 5.58. The first kappa shape index (κ1) is 22.7. The molecule has 0 radical (unpaired) electrons. The normalized spacial score (nSPS) is 16.9. The fourth-order valence-corrected chi connectivity index (χ4v) is 4.18. The highest BCUT2D eigenvalue weighted by atomic mass is 19.1.